The number of amides is 2. The molecule has 0 saturated carbocycles. The summed E-state index contributed by atoms with van der Waals surface area (Å²) < 4.78 is 37.4. The predicted molar refractivity (Wildman–Crippen MR) is 109 cm³/mol. The number of carbonyl (C=O) groups is 2. The molecule has 0 aromatic heterocycles. The molecule has 8 heteroatoms. The van der Waals surface area contributed by atoms with Crippen molar-refractivity contribution in [2.45, 2.75) is 6.04 Å². The van der Waals surface area contributed by atoms with Gasteiger partial charge in [-0.25, -0.2) is 8.78 Å². The van der Waals surface area contributed by atoms with Crippen LogP contribution in [0, 0.1) is 11.6 Å². The molecule has 158 valence electrons. The summed E-state index contributed by atoms with van der Waals surface area (Å²) in [6.45, 7) is 3.90. The number of likely N-dealkylation sites (N-methyl/N-ethyl adjacent to an activating group) is 1. The van der Waals surface area contributed by atoms with E-state index in [0.29, 0.717) is 23.7 Å². The molecular formula is C22H22F2N2O4. The molecule has 0 fully saturated rings. The van der Waals surface area contributed by atoms with E-state index in [1.807, 2.05) is 0 Å². The summed E-state index contributed by atoms with van der Waals surface area (Å²) in [5, 5.41) is 4.86. The molecule has 1 unspecified atom stereocenters. The zero-order valence-corrected chi connectivity index (χ0v) is 16.6. The summed E-state index contributed by atoms with van der Waals surface area (Å²) in [6, 6.07) is 6.89. The summed E-state index contributed by atoms with van der Waals surface area (Å²) in [7, 11) is 2.87. The first-order valence-corrected chi connectivity index (χ1v) is 8.96. The van der Waals surface area contributed by atoms with Gasteiger partial charge in [0.1, 0.15) is 12.6 Å². The van der Waals surface area contributed by atoms with Crippen LogP contribution in [0.4, 0.5) is 8.78 Å². The monoisotopic (exact) mass is 416 g/mol. The molecule has 0 aliphatic heterocycles. The highest BCUT2D eigenvalue weighted by Crippen LogP contribution is 2.28. The Kier molecular flexibility index (Phi) is 8.10. The van der Waals surface area contributed by atoms with Crippen LogP contribution in [-0.2, 0) is 9.59 Å². The van der Waals surface area contributed by atoms with E-state index in [1.54, 1.807) is 24.3 Å². The molecule has 0 bridgehead atoms. The van der Waals surface area contributed by atoms with E-state index in [9.17, 15) is 18.4 Å². The SMILES string of the molecule is C=CCOc1ccc(/C=C/C(=O)NC(C(=O)NC)c2ccc(F)c(F)c2)cc1OC. The third kappa shape index (κ3) is 5.91. The first-order valence-electron chi connectivity index (χ1n) is 8.96. The van der Waals surface area contributed by atoms with Crippen molar-refractivity contribution >= 4 is 17.9 Å². The molecule has 30 heavy (non-hydrogen) atoms. The van der Waals surface area contributed by atoms with Gasteiger partial charge in [-0.3, -0.25) is 9.59 Å². The molecule has 0 aliphatic rings. The second-order valence-electron chi connectivity index (χ2n) is 6.07. The molecule has 1 atom stereocenters. The second-order valence-corrected chi connectivity index (χ2v) is 6.07. The summed E-state index contributed by atoms with van der Waals surface area (Å²) in [5.74, 6) is -2.33. The Bertz CT molecular complexity index is 960. The number of rotatable bonds is 9. The van der Waals surface area contributed by atoms with Crippen LogP contribution < -0.4 is 20.1 Å². The van der Waals surface area contributed by atoms with Crippen LogP contribution in [0.5, 0.6) is 11.5 Å². The Morgan fingerprint density at radius 2 is 1.90 bits per heavy atom. The highest BCUT2D eigenvalue weighted by Gasteiger charge is 2.22. The molecule has 6 nitrogen and oxygen atoms in total. The van der Waals surface area contributed by atoms with Crippen molar-refractivity contribution in [3.63, 3.8) is 0 Å². The number of nitrogens with one attached hydrogen (secondary N) is 2. The van der Waals surface area contributed by atoms with Crippen LogP contribution in [0.1, 0.15) is 17.2 Å². The minimum atomic E-state index is -1.19. The van der Waals surface area contributed by atoms with Crippen LogP contribution in [0.15, 0.2) is 55.1 Å². The molecule has 0 saturated heterocycles. The molecule has 0 radical (unpaired) electrons. The lowest BCUT2D eigenvalue weighted by atomic mass is 10.1. The van der Waals surface area contributed by atoms with E-state index in [-0.39, 0.29) is 5.56 Å². The number of ether oxygens (including phenoxy) is 2. The van der Waals surface area contributed by atoms with Gasteiger partial charge in [0.05, 0.1) is 7.11 Å². The van der Waals surface area contributed by atoms with Crippen molar-refractivity contribution < 1.29 is 27.8 Å². The average Bonchev–Trinajstić information content (AvgIpc) is 2.76. The van der Waals surface area contributed by atoms with Crippen molar-refractivity contribution in [2.24, 2.45) is 0 Å². The van der Waals surface area contributed by atoms with E-state index < -0.39 is 29.5 Å². The van der Waals surface area contributed by atoms with Crippen molar-refractivity contribution in [3.05, 3.63) is 77.9 Å². The summed E-state index contributed by atoms with van der Waals surface area (Å²) in [6.07, 6.45) is 4.34. The molecule has 2 aromatic rings. The number of methoxy groups -OCH3 is 1. The quantitative estimate of drug-likeness (QED) is 0.486. The molecule has 2 N–H and O–H groups in total. The fourth-order valence-corrected chi connectivity index (χ4v) is 2.55. The summed E-state index contributed by atoms with van der Waals surface area (Å²) in [4.78, 5) is 24.4. The van der Waals surface area contributed by atoms with Crippen LogP contribution in [-0.4, -0.2) is 32.6 Å². The van der Waals surface area contributed by atoms with Gasteiger partial charge in [-0.2, -0.15) is 0 Å². The Labute approximate surface area is 173 Å². The van der Waals surface area contributed by atoms with Crippen LogP contribution in [0.2, 0.25) is 0 Å². The van der Waals surface area contributed by atoms with Gasteiger partial charge < -0.3 is 20.1 Å². The molecule has 0 heterocycles. The maximum absolute atomic E-state index is 13.5. The van der Waals surface area contributed by atoms with Crippen LogP contribution in [0.3, 0.4) is 0 Å². The van der Waals surface area contributed by atoms with Crippen molar-refractivity contribution in [1.29, 1.82) is 0 Å². The summed E-state index contributed by atoms with van der Waals surface area (Å²) >= 11 is 0. The largest absolute Gasteiger partial charge is 0.493 e. The number of hydrogen-bond donors (Lipinski definition) is 2. The van der Waals surface area contributed by atoms with E-state index in [1.165, 1.54) is 32.4 Å². The number of benzene rings is 2. The topological polar surface area (TPSA) is 76.7 Å². The van der Waals surface area contributed by atoms with Crippen molar-refractivity contribution in [1.82, 2.24) is 10.6 Å². The second kappa shape index (κ2) is 10.8. The lowest BCUT2D eigenvalue weighted by Gasteiger charge is -2.17. The molecular weight excluding hydrogens is 394 g/mol. The third-order valence-electron chi connectivity index (χ3n) is 4.04. The van der Waals surface area contributed by atoms with Gasteiger partial charge >= 0.3 is 0 Å². The zero-order valence-electron chi connectivity index (χ0n) is 16.6. The van der Waals surface area contributed by atoms with Crippen LogP contribution >= 0.6 is 0 Å². The van der Waals surface area contributed by atoms with Gasteiger partial charge in [0.25, 0.3) is 0 Å². The lowest BCUT2D eigenvalue weighted by molar-refractivity contribution is -0.126. The first kappa shape index (κ1) is 22.6. The maximum atomic E-state index is 13.5. The fraction of sp³-hybridized carbons (Fsp3) is 0.182. The third-order valence-corrected chi connectivity index (χ3v) is 4.04. The van der Waals surface area contributed by atoms with Crippen molar-refractivity contribution in [2.75, 3.05) is 20.8 Å². The predicted octanol–water partition coefficient (Wildman–Crippen LogP) is 3.15. The van der Waals surface area contributed by atoms with E-state index in [4.69, 9.17) is 9.47 Å². The van der Waals surface area contributed by atoms with Crippen molar-refractivity contribution in [3.8, 4) is 11.5 Å². The van der Waals surface area contributed by atoms with Gasteiger partial charge in [-0.15, -0.1) is 0 Å². The minimum Gasteiger partial charge on any atom is -0.493 e. The van der Waals surface area contributed by atoms with Crippen LogP contribution in [0.25, 0.3) is 6.08 Å². The van der Waals surface area contributed by atoms with E-state index in [2.05, 4.69) is 17.2 Å². The molecule has 2 rings (SSSR count). The smallest absolute Gasteiger partial charge is 0.246 e. The highest BCUT2D eigenvalue weighted by atomic mass is 19.2. The van der Waals surface area contributed by atoms with Gasteiger partial charge in [0, 0.05) is 13.1 Å². The fourth-order valence-electron chi connectivity index (χ4n) is 2.55. The molecule has 0 spiro atoms. The summed E-state index contributed by atoms with van der Waals surface area (Å²) in [5.41, 5.74) is 0.762. The number of halogens is 2. The highest BCUT2D eigenvalue weighted by molar-refractivity contribution is 5.96. The minimum absolute atomic E-state index is 0.111. The van der Waals surface area contributed by atoms with Gasteiger partial charge in [-0.05, 0) is 41.5 Å². The lowest BCUT2D eigenvalue weighted by Crippen LogP contribution is -2.38. The number of hydrogen-bond acceptors (Lipinski definition) is 4. The normalized spacial score (nSPS) is 11.6. The Morgan fingerprint density at radius 1 is 1.13 bits per heavy atom. The maximum Gasteiger partial charge on any atom is 0.246 e. The van der Waals surface area contributed by atoms with E-state index in [0.717, 1.165) is 12.1 Å². The standard InChI is InChI=1S/C22H22F2N2O4/c1-4-11-30-18-9-5-14(12-19(18)29-3)6-10-20(27)26-21(22(28)25-2)15-7-8-16(23)17(24)13-15/h4-10,12-13,21H,1,11H2,2-3H3,(H,25,28)(H,26,27)/b10-6+. The Morgan fingerprint density at radius 3 is 2.53 bits per heavy atom. The Hall–Kier alpha value is -3.68. The Balaban J connectivity index is 2.16. The zero-order chi connectivity index (χ0) is 22.1. The van der Waals surface area contributed by atoms with E-state index >= 15 is 0 Å². The number of carbonyl (C=O) groups excluding carboxylic acids is 2. The van der Waals surface area contributed by atoms with Gasteiger partial charge in [-0.1, -0.05) is 24.8 Å². The molecule has 2 aromatic carbocycles. The molecule has 0 aliphatic carbocycles. The van der Waals surface area contributed by atoms with Gasteiger partial charge in [0.2, 0.25) is 11.8 Å². The van der Waals surface area contributed by atoms with Gasteiger partial charge in [0.15, 0.2) is 23.1 Å². The molecule has 2 amide bonds. The first-order chi connectivity index (χ1) is 14.4. The average molecular weight is 416 g/mol.